The van der Waals surface area contributed by atoms with E-state index in [0.717, 1.165) is 4.31 Å². The molecule has 3 rings (SSSR count). The second-order valence-electron chi connectivity index (χ2n) is 6.38. The van der Waals surface area contributed by atoms with Crippen LogP contribution in [0.4, 0.5) is 10.1 Å². The number of para-hydroxylation sites is 1. The molecule has 2 aromatic rings. The molecule has 1 heterocycles. The quantitative estimate of drug-likeness (QED) is 0.790. The Hall–Kier alpha value is -2.46. The average molecular weight is 426 g/mol. The molecule has 0 bridgehead atoms. The van der Waals surface area contributed by atoms with E-state index in [2.05, 4.69) is 0 Å². The summed E-state index contributed by atoms with van der Waals surface area (Å²) >= 11 is 0. The minimum atomic E-state index is -4.29. The molecule has 0 radical (unpaired) electrons. The molecule has 28 heavy (non-hydrogen) atoms. The largest absolute Gasteiger partial charge is 0.274 e. The Kier molecular flexibility index (Phi) is 5.20. The van der Waals surface area contributed by atoms with Gasteiger partial charge in [-0.2, -0.15) is 0 Å². The van der Waals surface area contributed by atoms with Gasteiger partial charge in [0, 0.05) is 12.1 Å². The molecule has 150 valence electrons. The zero-order valence-electron chi connectivity index (χ0n) is 15.2. The second-order valence-corrected chi connectivity index (χ2v) is 10.1. The normalized spacial score (nSPS) is 18.7. The van der Waals surface area contributed by atoms with Crippen LogP contribution in [0.2, 0.25) is 0 Å². The van der Waals surface area contributed by atoms with Crippen molar-refractivity contribution in [2.24, 2.45) is 0 Å². The van der Waals surface area contributed by atoms with Gasteiger partial charge in [-0.15, -0.1) is 0 Å². The van der Waals surface area contributed by atoms with Crippen LogP contribution in [0, 0.1) is 12.7 Å². The second kappa shape index (κ2) is 7.17. The van der Waals surface area contributed by atoms with Crippen LogP contribution in [0.5, 0.6) is 0 Å². The van der Waals surface area contributed by atoms with Crippen molar-refractivity contribution < 1.29 is 26.0 Å². The van der Waals surface area contributed by atoms with E-state index in [1.165, 1.54) is 19.1 Å². The molecule has 0 saturated carbocycles. The van der Waals surface area contributed by atoms with Crippen LogP contribution < -0.4 is 9.03 Å². The highest BCUT2D eigenvalue weighted by Crippen LogP contribution is 2.38. The zero-order valence-corrected chi connectivity index (χ0v) is 16.8. The van der Waals surface area contributed by atoms with Crippen molar-refractivity contribution in [3.05, 3.63) is 59.4 Å². The van der Waals surface area contributed by atoms with Crippen LogP contribution in [0.25, 0.3) is 0 Å². The summed E-state index contributed by atoms with van der Waals surface area (Å²) in [6, 6.07) is 10.7. The smallest absolute Gasteiger partial charge is 0.264 e. The van der Waals surface area contributed by atoms with Gasteiger partial charge in [0.05, 0.1) is 17.0 Å². The molecular formula is C18H19FN2O5S2. The lowest BCUT2D eigenvalue weighted by Gasteiger charge is -2.25. The number of amides is 1. The van der Waals surface area contributed by atoms with Crippen molar-refractivity contribution in [3.63, 3.8) is 0 Å². The minimum absolute atomic E-state index is 0.0515. The molecule has 2 aromatic carbocycles. The van der Waals surface area contributed by atoms with Crippen LogP contribution in [-0.4, -0.2) is 29.3 Å². The van der Waals surface area contributed by atoms with E-state index in [0.29, 0.717) is 5.69 Å². The molecular weight excluding hydrogens is 407 g/mol. The molecule has 1 saturated heterocycles. The third kappa shape index (κ3) is 3.37. The summed E-state index contributed by atoms with van der Waals surface area (Å²) < 4.78 is 69.2. The van der Waals surface area contributed by atoms with Crippen LogP contribution in [0.15, 0.2) is 47.4 Å². The van der Waals surface area contributed by atoms with Crippen LogP contribution in [-0.2, 0) is 24.8 Å². The van der Waals surface area contributed by atoms with Crippen molar-refractivity contribution in [3.8, 4) is 0 Å². The molecule has 1 amide bonds. The number of nitrogens with zero attached hydrogens (tertiary/aromatic N) is 1. The Bertz CT molecular complexity index is 1130. The molecule has 1 unspecified atom stereocenters. The Morgan fingerprint density at radius 3 is 2.36 bits per heavy atom. The molecule has 1 atom stereocenters. The molecule has 0 spiro atoms. The number of halogens is 1. The number of aryl methyl sites for hydroxylation is 1. The first-order valence-corrected chi connectivity index (χ1v) is 11.5. The number of carbonyl (C=O) groups is 1. The number of benzene rings is 2. The standard InChI is InChI=1S/C18H19FN2O5S2/c1-3-21(13-7-5-4-6-8-13)28(25,26)14-10-9-12(2)18(19)17(14)15-11-16(22)20-27(15,23)24/h4-10,15H,3,11H2,1-2H3,(H,20,22). The zero-order chi connectivity index (χ0) is 20.7. The average Bonchev–Trinajstić information content (AvgIpc) is 2.90. The van der Waals surface area contributed by atoms with Gasteiger partial charge in [-0.1, -0.05) is 24.3 Å². The molecule has 1 aliphatic heterocycles. The van der Waals surface area contributed by atoms with Gasteiger partial charge in [0.15, 0.2) is 0 Å². The number of hydrogen-bond acceptors (Lipinski definition) is 5. The highest BCUT2D eigenvalue weighted by Gasteiger charge is 2.43. The van der Waals surface area contributed by atoms with Gasteiger partial charge in [0.2, 0.25) is 15.9 Å². The van der Waals surface area contributed by atoms with E-state index < -0.39 is 53.9 Å². The fraction of sp³-hybridized carbons (Fsp3) is 0.278. The van der Waals surface area contributed by atoms with E-state index in [9.17, 15) is 26.0 Å². The van der Waals surface area contributed by atoms with E-state index in [1.807, 2.05) is 0 Å². The fourth-order valence-electron chi connectivity index (χ4n) is 3.22. The first kappa shape index (κ1) is 20.3. The Morgan fingerprint density at radius 1 is 1.18 bits per heavy atom. The Balaban J connectivity index is 2.25. The SMILES string of the molecule is CCN(c1ccccc1)S(=O)(=O)c1ccc(C)c(F)c1C1CC(=O)NS1(=O)=O. The lowest BCUT2D eigenvalue weighted by atomic mass is 10.1. The van der Waals surface area contributed by atoms with Gasteiger partial charge in [-0.3, -0.25) is 13.8 Å². The van der Waals surface area contributed by atoms with Crippen molar-refractivity contribution in [1.29, 1.82) is 0 Å². The number of nitrogens with one attached hydrogen (secondary N) is 1. The number of hydrogen-bond donors (Lipinski definition) is 1. The van der Waals surface area contributed by atoms with E-state index in [-0.39, 0.29) is 12.1 Å². The van der Waals surface area contributed by atoms with Crippen LogP contribution in [0.3, 0.4) is 0 Å². The number of anilines is 1. The summed E-state index contributed by atoms with van der Waals surface area (Å²) in [6.07, 6.45) is -0.539. The lowest BCUT2D eigenvalue weighted by molar-refractivity contribution is -0.118. The number of sulfonamides is 2. The van der Waals surface area contributed by atoms with Crippen molar-refractivity contribution >= 4 is 31.6 Å². The van der Waals surface area contributed by atoms with Crippen molar-refractivity contribution in [2.45, 2.75) is 30.4 Å². The predicted molar refractivity (Wildman–Crippen MR) is 102 cm³/mol. The summed E-state index contributed by atoms with van der Waals surface area (Å²) in [7, 11) is -8.52. The first-order valence-electron chi connectivity index (χ1n) is 8.51. The molecule has 1 N–H and O–H groups in total. The predicted octanol–water partition coefficient (Wildman–Crippen LogP) is 2.24. The van der Waals surface area contributed by atoms with Gasteiger partial charge >= 0.3 is 0 Å². The summed E-state index contributed by atoms with van der Waals surface area (Å²) in [4.78, 5) is 11.2. The van der Waals surface area contributed by atoms with E-state index in [1.54, 1.807) is 42.0 Å². The van der Waals surface area contributed by atoms with E-state index in [4.69, 9.17) is 0 Å². The van der Waals surface area contributed by atoms with Crippen LogP contribution in [0.1, 0.15) is 29.7 Å². The third-order valence-corrected chi connectivity index (χ3v) is 8.18. The van der Waals surface area contributed by atoms with Gasteiger partial charge < -0.3 is 0 Å². The maximum absolute atomic E-state index is 15.0. The van der Waals surface area contributed by atoms with E-state index >= 15 is 0 Å². The highest BCUT2D eigenvalue weighted by atomic mass is 32.2. The highest BCUT2D eigenvalue weighted by molar-refractivity contribution is 7.93. The fourth-order valence-corrected chi connectivity index (χ4v) is 6.48. The van der Waals surface area contributed by atoms with Gasteiger partial charge in [0.25, 0.3) is 10.0 Å². The van der Waals surface area contributed by atoms with Gasteiger partial charge in [0.1, 0.15) is 11.1 Å². The number of rotatable bonds is 5. The van der Waals surface area contributed by atoms with Gasteiger partial charge in [-0.25, -0.2) is 21.2 Å². The number of carbonyl (C=O) groups excluding carboxylic acids is 1. The summed E-state index contributed by atoms with van der Waals surface area (Å²) in [5.74, 6) is -1.75. The molecule has 1 aliphatic rings. The maximum Gasteiger partial charge on any atom is 0.264 e. The molecule has 10 heteroatoms. The minimum Gasteiger partial charge on any atom is -0.274 e. The lowest BCUT2D eigenvalue weighted by Crippen LogP contribution is -2.32. The van der Waals surface area contributed by atoms with Crippen molar-refractivity contribution in [1.82, 2.24) is 4.72 Å². The van der Waals surface area contributed by atoms with Crippen molar-refractivity contribution in [2.75, 3.05) is 10.8 Å². The topological polar surface area (TPSA) is 101 Å². The molecule has 7 nitrogen and oxygen atoms in total. The first-order chi connectivity index (χ1) is 13.1. The van der Waals surface area contributed by atoms with Crippen LogP contribution >= 0.6 is 0 Å². The summed E-state index contributed by atoms with van der Waals surface area (Å²) in [5, 5.41) is -1.61. The molecule has 0 aromatic heterocycles. The summed E-state index contributed by atoms with van der Waals surface area (Å²) in [6.45, 7) is 3.07. The maximum atomic E-state index is 15.0. The molecule has 0 aliphatic carbocycles. The van der Waals surface area contributed by atoms with Gasteiger partial charge in [-0.05, 0) is 37.6 Å². The Morgan fingerprint density at radius 2 is 1.82 bits per heavy atom. The monoisotopic (exact) mass is 426 g/mol. The molecule has 1 fully saturated rings. The Labute approximate surface area is 163 Å². The third-order valence-electron chi connectivity index (χ3n) is 4.56. The summed E-state index contributed by atoms with van der Waals surface area (Å²) in [5.41, 5.74) is -0.0561.